The molecule has 0 bridgehead atoms. The molecule has 0 aliphatic rings. The van der Waals surface area contributed by atoms with Crippen LogP contribution in [-0.2, 0) is 4.79 Å². The lowest BCUT2D eigenvalue weighted by Crippen LogP contribution is -2.21. The molecular weight excluding hydrogens is 222 g/mol. The number of aryl methyl sites for hydroxylation is 1. The van der Waals surface area contributed by atoms with Crippen LogP contribution >= 0.6 is 0 Å². The Morgan fingerprint density at radius 3 is 2.53 bits per heavy atom. The van der Waals surface area contributed by atoms with Crippen molar-refractivity contribution in [2.24, 2.45) is 5.73 Å². The van der Waals surface area contributed by atoms with Crippen LogP contribution in [0.3, 0.4) is 0 Å². The first-order valence-corrected chi connectivity index (χ1v) is 5.23. The first-order valence-electron chi connectivity index (χ1n) is 5.23. The maximum Gasteiger partial charge on any atom is 0.312 e. The van der Waals surface area contributed by atoms with E-state index in [-0.39, 0.29) is 12.3 Å². The number of carboxylic acids is 1. The van der Waals surface area contributed by atoms with Crippen molar-refractivity contribution in [1.82, 2.24) is 0 Å². The van der Waals surface area contributed by atoms with Gasteiger partial charge in [-0.2, -0.15) is 0 Å². The molecule has 1 atom stereocenters. The predicted octanol–water partition coefficient (Wildman–Crippen LogP) is 1.14. The summed E-state index contributed by atoms with van der Waals surface area (Å²) in [6.45, 7) is 3.56. The Kier molecular flexibility index (Phi) is 3.96. The molecule has 0 aromatic heterocycles. The van der Waals surface area contributed by atoms with Gasteiger partial charge in [-0.1, -0.05) is 6.07 Å². The van der Waals surface area contributed by atoms with Crippen molar-refractivity contribution in [3.63, 3.8) is 0 Å². The van der Waals surface area contributed by atoms with Crippen molar-refractivity contribution in [3.8, 4) is 11.5 Å². The Bertz CT molecular complexity index is 443. The van der Waals surface area contributed by atoms with Crippen LogP contribution in [0.25, 0.3) is 0 Å². The lowest BCUT2D eigenvalue weighted by molar-refractivity contribution is -0.138. The molecule has 0 saturated carbocycles. The molecule has 0 aliphatic carbocycles. The second-order valence-electron chi connectivity index (χ2n) is 3.92. The van der Waals surface area contributed by atoms with E-state index < -0.39 is 11.9 Å². The van der Waals surface area contributed by atoms with E-state index in [1.165, 1.54) is 7.11 Å². The number of hydrogen-bond donors (Lipinski definition) is 3. The Morgan fingerprint density at radius 2 is 2.12 bits per heavy atom. The Hall–Kier alpha value is -1.75. The molecule has 0 spiro atoms. The van der Waals surface area contributed by atoms with E-state index >= 15 is 0 Å². The smallest absolute Gasteiger partial charge is 0.312 e. The van der Waals surface area contributed by atoms with Crippen LogP contribution in [0, 0.1) is 13.8 Å². The fourth-order valence-electron chi connectivity index (χ4n) is 1.77. The number of benzene rings is 1. The summed E-state index contributed by atoms with van der Waals surface area (Å²) in [5.41, 5.74) is 7.36. The molecule has 0 aliphatic heterocycles. The van der Waals surface area contributed by atoms with E-state index in [9.17, 15) is 9.90 Å². The average Bonchev–Trinajstić information content (AvgIpc) is 2.26. The highest BCUT2D eigenvalue weighted by Crippen LogP contribution is 2.38. The monoisotopic (exact) mass is 239 g/mol. The third kappa shape index (κ3) is 2.34. The maximum absolute atomic E-state index is 11.0. The van der Waals surface area contributed by atoms with Crippen LogP contribution < -0.4 is 10.5 Å². The van der Waals surface area contributed by atoms with Gasteiger partial charge in [-0.05, 0) is 25.0 Å². The molecular formula is C12H17NO4. The highest BCUT2D eigenvalue weighted by molar-refractivity contribution is 5.78. The standard InChI is InChI=1S/C12H17NO4/c1-6-4-8(9(5-13)12(15)16)10(14)11(17-3)7(6)2/h4,9,14H,5,13H2,1-3H3,(H,15,16). The van der Waals surface area contributed by atoms with Crippen LogP contribution in [0.1, 0.15) is 22.6 Å². The lowest BCUT2D eigenvalue weighted by Gasteiger charge is -2.17. The summed E-state index contributed by atoms with van der Waals surface area (Å²) in [5, 5.41) is 19.0. The van der Waals surface area contributed by atoms with Crippen LogP contribution in [0.4, 0.5) is 0 Å². The van der Waals surface area contributed by atoms with Crippen molar-refractivity contribution in [2.75, 3.05) is 13.7 Å². The summed E-state index contributed by atoms with van der Waals surface area (Å²) in [7, 11) is 1.43. The van der Waals surface area contributed by atoms with Gasteiger partial charge in [0, 0.05) is 12.1 Å². The molecule has 0 fully saturated rings. The molecule has 0 radical (unpaired) electrons. The van der Waals surface area contributed by atoms with E-state index in [2.05, 4.69) is 0 Å². The molecule has 1 aromatic carbocycles. The summed E-state index contributed by atoms with van der Waals surface area (Å²) in [4.78, 5) is 11.0. The van der Waals surface area contributed by atoms with Crippen LogP contribution in [0.15, 0.2) is 6.07 Å². The zero-order valence-corrected chi connectivity index (χ0v) is 10.2. The number of methoxy groups -OCH3 is 1. The molecule has 5 nitrogen and oxygen atoms in total. The van der Waals surface area contributed by atoms with Gasteiger partial charge >= 0.3 is 5.97 Å². The lowest BCUT2D eigenvalue weighted by atomic mass is 9.93. The SMILES string of the molecule is COc1c(C)c(C)cc(C(CN)C(=O)O)c1O. The third-order valence-electron chi connectivity index (χ3n) is 2.91. The third-order valence-corrected chi connectivity index (χ3v) is 2.91. The molecule has 0 heterocycles. The van der Waals surface area contributed by atoms with E-state index in [4.69, 9.17) is 15.6 Å². The molecule has 1 unspecified atom stereocenters. The largest absolute Gasteiger partial charge is 0.504 e. The predicted molar refractivity (Wildman–Crippen MR) is 63.6 cm³/mol. The molecule has 1 rings (SSSR count). The van der Waals surface area contributed by atoms with Crippen molar-refractivity contribution >= 4 is 5.97 Å². The number of nitrogens with two attached hydrogens (primary N) is 1. The van der Waals surface area contributed by atoms with Crippen molar-refractivity contribution < 1.29 is 19.7 Å². The minimum absolute atomic E-state index is 0.0749. The second-order valence-corrected chi connectivity index (χ2v) is 3.92. The highest BCUT2D eigenvalue weighted by Gasteiger charge is 2.25. The Balaban J connectivity index is 3.44. The molecule has 4 N–H and O–H groups in total. The van der Waals surface area contributed by atoms with Crippen molar-refractivity contribution in [2.45, 2.75) is 19.8 Å². The fraction of sp³-hybridized carbons (Fsp3) is 0.417. The zero-order chi connectivity index (χ0) is 13.2. The number of hydrogen-bond acceptors (Lipinski definition) is 4. The van der Waals surface area contributed by atoms with Crippen LogP contribution in [-0.4, -0.2) is 29.8 Å². The van der Waals surface area contributed by atoms with Gasteiger partial charge in [0.2, 0.25) is 0 Å². The number of carboxylic acid groups (broad SMARTS) is 1. The van der Waals surface area contributed by atoms with Gasteiger partial charge in [-0.3, -0.25) is 4.79 Å². The Labute approximate surface area is 99.8 Å². The summed E-state index contributed by atoms with van der Waals surface area (Å²) >= 11 is 0. The molecule has 1 aromatic rings. The Morgan fingerprint density at radius 1 is 1.53 bits per heavy atom. The quantitative estimate of drug-likeness (QED) is 0.732. The van der Waals surface area contributed by atoms with Gasteiger partial charge in [0.25, 0.3) is 0 Å². The molecule has 94 valence electrons. The highest BCUT2D eigenvalue weighted by atomic mass is 16.5. The number of carbonyl (C=O) groups is 1. The van der Waals surface area contributed by atoms with E-state index in [0.717, 1.165) is 11.1 Å². The summed E-state index contributed by atoms with van der Waals surface area (Å²) < 4.78 is 5.09. The van der Waals surface area contributed by atoms with Gasteiger partial charge in [-0.15, -0.1) is 0 Å². The molecule has 17 heavy (non-hydrogen) atoms. The summed E-state index contributed by atoms with van der Waals surface area (Å²) in [6, 6.07) is 1.64. The number of phenolic OH excluding ortho intramolecular Hbond substituents is 1. The first-order chi connectivity index (χ1) is 7.93. The van der Waals surface area contributed by atoms with Gasteiger partial charge in [0.15, 0.2) is 11.5 Å². The topological polar surface area (TPSA) is 92.8 Å². The number of phenols is 1. The van der Waals surface area contributed by atoms with Crippen LogP contribution in [0.5, 0.6) is 11.5 Å². The zero-order valence-electron chi connectivity index (χ0n) is 10.2. The molecule has 0 saturated heterocycles. The van der Waals surface area contributed by atoms with Crippen molar-refractivity contribution in [3.05, 3.63) is 22.8 Å². The number of aromatic hydroxyl groups is 1. The number of rotatable bonds is 4. The van der Waals surface area contributed by atoms with Gasteiger partial charge in [0.05, 0.1) is 13.0 Å². The minimum Gasteiger partial charge on any atom is -0.504 e. The second kappa shape index (κ2) is 5.05. The van der Waals surface area contributed by atoms with Gasteiger partial charge in [-0.25, -0.2) is 0 Å². The molecule has 0 amide bonds. The van der Waals surface area contributed by atoms with E-state index in [0.29, 0.717) is 11.3 Å². The first kappa shape index (κ1) is 13.3. The van der Waals surface area contributed by atoms with E-state index in [1.54, 1.807) is 13.0 Å². The number of ether oxygens (including phenoxy) is 1. The minimum atomic E-state index is -1.06. The number of aliphatic carboxylic acids is 1. The van der Waals surface area contributed by atoms with E-state index in [1.807, 2.05) is 6.92 Å². The fourth-order valence-corrected chi connectivity index (χ4v) is 1.77. The van der Waals surface area contributed by atoms with Crippen LogP contribution in [0.2, 0.25) is 0 Å². The average molecular weight is 239 g/mol. The van der Waals surface area contributed by atoms with Gasteiger partial charge in [0.1, 0.15) is 0 Å². The van der Waals surface area contributed by atoms with Gasteiger partial charge < -0.3 is 20.7 Å². The summed E-state index contributed by atoms with van der Waals surface area (Å²) in [5.74, 6) is -1.83. The maximum atomic E-state index is 11.0. The van der Waals surface area contributed by atoms with Crippen molar-refractivity contribution in [1.29, 1.82) is 0 Å². The summed E-state index contributed by atoms with van der Waals surface area (Å²) in [6.07, 6.45) is 0. The normalized spacial score (nSPS) is 12.2. The molecule has 5 heteroatoms.